The number of carbonyl (C=O) groups is 1. The molecule has 0 aliphatic carbocycles. The van der Waals surface area contributed by atoms with Gasteiger partial charge in [0.1, 0.15) is 11.6 Å². The molecule has 2 heterocycles. The third-order valence-corrected chi connectivity index (χ3v) is 6.17. The molecule has 1 N–H and O–H groups in total. The van der Waals surface area contributed by atoms with Crippen LogP contribution in [0.1, 0.15) is 60.8 Å². The molecule has 1 atom stereocenters. The van der Waals surface area contributed by atoms with E-state index in [1.165, 1.54) is 5.56 Å². The van der Waals surface area contributed by atoms with E-state index >= 15 is 0 Å². The van der Waals surface area contributed by atoms with Crippen molar-refractivity contribution in [3.8, 4) is 5.75 Å². The number of amides is 1. The minimum absolute atomic E-state index is 0.153. The van der Waals surface area contributed by atoms with Gasteiger partial charge in [-0.25, -0.2) is 4.98 Å². The van der Waals surface area contributed by atoms with Gasteiger partial charge in [0, 0.05) is 18.9 Å². The summed E-state index contributed by atoms with van der Waals surface area (Å²) in [6.45, 7) is 6.30. The summed E-state index contributed by atoms with van der Waals surface area (Å²) in [5, 5.41) is 2.97. The minimum atomic E-state index is -0.153. The number of pyridine rings is 1. The summed E-state index contributed by atoms with van der Waals surface area (Å²) >= 11 is 0. The lowest BCUT2D eigenvalue weighted by molar-refractivity contribution is 0.0949. The van der Waals surface area contributed by atoms with Gasteiger partial charge in [0.15, 0.2) is 0 Å². The molecule has 0 radical (unpaired) electrons. The fourth-order valence-corrected chi connectivity index (χ4v) is 3.96. The highest BCUT2D eigenvalue weighted by Crippen LogP contribution is 2.22. The van der Waals surface area contributed by atoms with Crippen LogP contribution in [0.25, 0.3) is 11.0 Å². The van der Waals surface area contributed by atoms with Gasteiger partial charge >= 0.3 is 0 Å². The predicted octanol–water partition coefficient (Wildman–Crippen LogP) is 5.73. The lowest BCUT2D eigenvalue weighted by atomic mass is 9.99. The first kappa shape index (κ1) is 23.5. The number of hydrogen-bond acceptors (Lipinski definition) is 4. The SMILES string of the molecule is CCC(C)c1ccc(OCCCCn2c(CNC(=O)c3cccnc3)nc3ccccc32)cc1. The van der Waals surface area contributed by atoms with Crippen molar-refractivity contribution in [3.05, 3.63) is 90.0 Å². The van der Waals surface area contributed by atoms with Gasteiger partial charge < -0.3 is 14.6 Å². The average Bonchev–Trinajstić information content (AvgIpc) is 3.25. The van der Waals surface area contributed by atoms with Crippen LogP contribution in [0.4, 0.5) is 0 Å². The van der Waals surface area contributed by atoms with E-state index in [1.807, 2.05) is 18.2 Å². The fraction of sp³-hybridized carbons (Fsp3) is 0.321. The summed E-state index contributed by atoms with van der Waals surface area (Å²) in [7, 11) is 0. The van der Waals surface area contributed by atoms with Crippen molar-refractivity contribution in [3.63, 3.8) is 0 Å². The first-order chi connectivity index (χ1) is 16.7. The second kappa shape index (κ2) is 11.5. The molecule has 0 aliphatic heterocycles. The largest absolute Gasteiger partial charge is 0.494 e. The highest BCUT2D eigenvalue weighted by Gasteiger charge is 2.12. The smallest absolute Gasteiger partial charge is 0.253 e. The lowest BCUT2D eigenvalue weighted by Gasteiger charge is -2.12. The molecule has 34 heavy (non-hydrogen) atoms. The molecule has 0 aliphatic rings. The Bertz CT molecular complexity index is 1200. The molecule has 0 fully saturated rings. The highest BCUT2D eigenvalue weighted by molar-refractivity contribution is 5.93. The maximum atomic E-state index is 12.4. The third kappa shape index (κ3) is 5.81. The van der Waals surface area contributed by atoms with Gasteiger partial charge in [0.05, 0.1) is 29.7 Å². The number of hydrogen-bond donors (Lipinski definition) is 1. The van der Waals surface area contributed by atoms with Crippen molar-refractivity contribution < 1.29 is 9.53 Å². The fourth-order valence-electron chi connectivity index (χ4n) is 3.96. The Morgan fingerprint density at radius 1 is 1.06 bits per heavy atom. The number of unbranched alkanes of at least 4 members (excludes halogenated alkanes) is 1. The van der Waals surface area contributed by atoms with Gasteiger partial charge in [-0.05, 0) is 67.1 Å². The molecular weight excluding hydrogens is 424 g/mol. The maximum absolute atomic E-state index is 12.4. The number of carbonyl (C=O) groups excluding carboxylic acids is 1. The van der Waals surface area contributed by atoms with Crippen LogP contribution in [0.5, 0.6) is 5.75 Å². The number of nitrogens with one attached hydrogen (secondary N) is 1. The molecule has 4 rings (SSSR count). The van der Waals surface area contributed by atoms with E-state index in [1.54, 1.807) is 24.5 Å². The Labute approximate surface area is 201 Å². The number of nitrogens with zero attached hydrogens (tertiary/aromatic N) is 3. The standard InChI is InChI=1S/C28H32N4O2/c1-3-21(2)22-12-14-24(15-13-22)34-18-7-6-17-32-26-11-5-4-10-25(26)31-27(32)20-30-28(33)23-9-8-16-29-19-23/h4-5,8-16,19,21H,3,6-7,17-18,20H2,1-2H3,(H,30,33). The summed E-state index contributed by atoms with van der Waals surface area (Å²) in [4.78, 5) is 21.2. The Morgan fingerprint density at radius 2 is 1.88 bits per heavy atom. The molecule has 176 valence electrons. The van der Waals surface area contributed by atoms with Gasteiger partial charge in [-0.1, -0.05) is 38.1 Å². The van der Waals surface area contributed by atoms with E-state index in [0.717, 1.165) is 48.4 Å². The topological polar surface area (TPSA) is 69.0 Å². The van der Waals surface area contributed by atoms with Gasteiger partial charge in [0.25, 0.3) is 5.91 Å². The Hall–Kier alpha value is -3.67. The summed E-state index contributed by atoms with van der Waals surface area (Å²) < 4.78 is 8.15. The van der Waals surface area contributed by atoms with E-state index in [0.29, 0.717) is 24.6 Å². The van der Waals surface area contributed by atoms with E-state index < -0.39 is 0 Å². The number of aryl methyl sites for hydroxylation is 1. The number of benzene rings is 2. The molecule has 6 heteroatoms. The zero-order valence-corrected chi connectivity index (χ0v) is 19.9. The van der Waals surface area contributed by atoms with E-state index in [2.05, 4.69) is 59.0 Å². The molecule has 4 aromatic rings. The van der Waals surface area contributed by atoms with Crippen molar-refractivity contribution in [2.75, 3.05) is 6.61 Å². The summed E-state index contributed by atoms with van der Waals surface area (Å²) in [6.07, 6.45) is 6.24. The predicted molar refractivity (Wildman–Crippen MR) is 135 cm³/mol. The summed E-state index contributed by atoms with van der Waals surface area (Å²) in [6, 6.07) is 20.0. The molecular formula is C28H32N4O2. The van der Waals surface area contributed by atoms with Crippen LogP contribution in [0, 0.1) is 0 Å². The van der Waals surface area contributed by atoms with E-state index in [-0.39, 0.29) is 5.91 Å². The first-order valence-electron chi connectivity index (χ1n) is 12.0. The number of ether oxygens (including phenoxy) is 1. The van der Waals surface area contributed by atoms with Crippen molar-refractivity contribution >= 4 is 16.9 Å². The number of para-hydroxylation sites is 2. The lowest BCUT2D eigenvalue weighted by Crippen LogP contribution is -2.25. The number of imidazole rings is 1. The molecule has 0 bridgehead atoms. The van der Waals surface area contributed by atoms with Crippen LogP contribution in [-0.4, -0.2) is 27.0 Å². The van der Waals surface area contributed by atoms with E-state index in [9.17, 15) is 4.79 Å². The molecule has 2 aromatic heterocycles. The van der Waals surface area contributed by atoms with Gasteiger partial charge in [-0.2, -0.15) is 0 Å². The van der Waals surface area contributed by atoms with Crippen molar-refractivity contribution in [1.82, 2.24) is 19.9 Å². The van der Waals surface area contributed by atoms with Gasteiger partial charge in [-0.3, -0.25) is 9.78 Å². The van der Waals surface area contributed by atoms with Crippen LogP contribution >= 0.6 is 0 Å². The van der Waals surface area contributed by atoms with Gasteiger partial charge in [0.2, 0.25) is 0 Å². The molecule has 6 nitrogen and oxygen atoms in total. The zero-order chi connectivity index (χ0) is 23.8. The highest BCUT2D eigenvalue weighted by atomic mass is 16.5. The van der Waals surface area contributed by atoms with Crippen molar-refractivity contribution in [1.29, 1.82) is 0 Å². The summed E-state index contributed by atoms with van der Waals surface area (Å²) in [5.74, 6) is 2.18. The van der Waals surface area contributed by atoms with Crippen LogP contribution < -0.4 is 10.1 Å². The summed E-state index contributed by atoms with van der Waals surface area (Å²) in [5.41, 5.74) is 3.91. The van der Waals surface area contributed by atoms with Gasteiger partial charge in [-0.15, -0.1) is 0 Å². The zero-order valence-electron chi connectivity index (χ0n) is 19.9. The molecule has 1 unspecified atom stereocenters. The third-order valence-electron chi connectivity index (χ3n) is 6.17. The first-order valence-corrected chi connectivity index (χ1v) is 12.0. The Morgan fingerprint density at radius 3 is 2.65 bits per heavy atom. The second-order valence-corrected chi connectivity index (χ2v) is 8.53. The number of rotatable bonds is 11. The molecule has 2 aromatic carbocycles. The minimum Gasteiger partial charge on any atom is -0.494 e. The van der Waals surface area contributed by atoms with Crippen molar-refractivity contribution in [2.24, 2.45) is 0 Å². The number of aromatic nitrogens is 3. The van der Waals surface area contributed by atoms with Crippen LogP contribution in [0.15, 0.2) is 73.1 Å². The monoisotopic (exact) mass is 456 g/mol. The Balaban J connectivity index is 1.32. The van der Waals surface area contributed by atoms with Crippen LogP contribution in [-0.2, 0) is 13.1 Å². The van der Waals surface area contributed by atoms with Crippen molar-refractivity contribution in [2.45, 2.75) is 52.1 Å². The Kier molecular flexibility index (Phi) is 7.91. The quantitative estimate of drug-likeness (QED) is 0.293. The number of fused-ring (bicyclic) bond motifs is 1. The normalized spacial score (nSPS) is 11.9. The van der Waals surface area contributed by atoms with Crippen LogP contribution in [0.3, 0.4) is 0 Å². The molecule has 0 saturated heterocycles. The molecule has 0 saturated carbocycles. The van der Waals surface area contributed by atoms with Crippen LogP contribution in [0.2, 0.25) is 0 Å². The molecule has 0 spiro atoms. The maximum Gasteiger partial charge on any atom is 0.253 e. The molecule has 1 amide bonds. The average molecular weight is 457 g/mol. The van der Waals surface area contributed by atoms with E-state index in [4.69, 9.17) is 9.72 Å². The second-order valence-electron chi connectivity index (χ2n) is 8.53.